The molecule has 3 aromatic rings. The van der Waals surface area contributed by atoms with Gasteiger partial charge in [0.2, 0.25) is 0 Å². The third-order valence-electron chi connectivity index (χ3n) is 4.39. The highest BCUT2D eigenvalue weighted by Crippen LogP contribution is 2.50. The van der Waals surface area contributed by atoms with Gasteiger partial charge in [-0.1, -0.05) is 42.5 Å². The predicted molar refractivity (Wildman–Crippen MR) is 108 cm³/mol. The van der Waals surface area contributed by atoms with Crippen LogP contribution in [0.5, 0.6) is 11.5 Å². The fourth-order valence-corrected chi connectivity index (χ4v) is 3.78. The molecular weight excluding hydrogens is 375 g/mol. The summed E-state index contributed by atoms with van der Waals surface area (Å²) in [4.78, 5) is 12.8. The summed E-state index contributed by atoms with van der Waals surface area (Å²) in [5.74, 6) is -0.228. The summed E-state index contributed by atoms with van der Waals surface area (Å²) in [5.41, 5.74) is 3.10. The highest BCUT2D eigenvalue weighted by atomic mass is 31.2. The van der Waals surface area contributed by atoms with Gasteiger partial charge in [-0.3, -0.25) is 0 Å². The second-order valence-electron chi connectivity index (χ2n) is 6.31. The SMILES string of the molecule is Cc1ccc(C(=O)OP(=O)(Oc2ccccc2)Oc2ccccc2)c(C)c1C. The average Bonchev–Trinajstić information content (AvgIpc) is 2.67. The first-order valence-corrected chi connectivity index (χ1v) is 10.2. The Morgan fingerprint density at radius 1 is 0.714 bits per heavy atom. The monoisotopic (exact) mass is 396 g/mol. The van der Waals surface area contributed by atoms with E-state index in [1.807, 2.05) is 26.8 Å². The van der Waals surface area contributed by atoms with Crippen LogP contribution >= 0.6 is 7.82 Å². The molecule has 0 atom stereocenters. The van der Waals surface area contributed by atoms with E-state index in [4.69, 9.17) is 13.6 Å². The van der Waals surface area contributed by atoms with Gasteiger partial charge in [-0.15, -0.1) is 0 Å². The molecule has 0 radical (unpaired) electrons. The summed E-state index contributed by atoms with van der Waals surface area (Å²) in [7, 11) is -4.28. The average molecular weight is 396 g/mol. The number of rotatable bonds is 6. The molecule has 144 valence electrons. The van der Waals surface area contributed by atoms with E-state index >= 15 is 0 Å². The Morgan fingerprint density at radius 3 is 1.71 bits per heavy atom. The number of aryl methyl sites for hydroxylation is 1. The molecule has 5 nitrogen and oxygen atoms in total. The molecule has 0 aromatic heterocycles. The lowest BCUT2D eigenvalue weighted by atomic mass is 9.99. The highest BCUT2D eigenvalue weighted by molar-refractivity contribution is 7.50. The van der Waals surface area contributed by atoms with Crippen LogP contribution < -0.4 is 9.05 Å². The third kappa shape index (κ3) is 4.62. The van der Waals surface area contributed by atoms with Gasteiger partial charge in [0.1, 0.15) is 11.5 Å². The normalized spacial score (nSPS) is 11.0. The van der Waals surface area contributed by atoms with Crippen LogP contribution in [0, 0.1) is 20.8 Å². The molecule has 6 heteroatoms. The molecule has 0 aliphatic carbocycles. The highest BCUT2D eigenvalue weighted by Gasteiger charge is 2.36. The van der Waals surface area contributed by atoms with E-state index in [0.717, 1.165) is 16.7 Å². The van der Waals surface area contributed by atoms with Crippen molar-refractivity contribution < 1.29 is 22.9 Å². The van der Waals surface area contributed by atoms with Crippen LogP contribution in [0.3, 0.4) is 0 Å². The summed E-state index contributed by atoms with van der Waals surface area (Å²) in [6, 6.07) is 20.4. The first kappa shape index (κ1) is 19.7. The Labute approximate surface area is 164 Å². The van der Waals surface area contributed by atoms with Crippen LogP contribution in [0.15, 0.2) is 72.8 Å². The van der Waals surface area contributed by atoms with Crippen molar-refractivity contribution in [1.29, 1.82) is 0 Å². The zero-order valence-electron chi connectivity index (χ0n) is 15.9. The second-order valence-corrected chi connectivity index (χ2v) is 7.76. The van der Waals surface area contributed by atoms with Gasteiger partial charge >= 0.3 is 13.8 Å². The fraction of sp³-hybridized carbons (Fsp3) is 0.136. The number of para-hydroxylation sites is 2. The molecule has 0 unspecified atom stereocenters. The van der Waals surface area contributed by atoms with Crippen LogP contribution in [0.4, 0.5) is 0 Å². The molecule has 3 aromatic carbocycles. The number of phosphoric ester groups is 1. The molecule has 0 amide bonds. The minimum atomic E-state index is -4.28. The summed E-state index contributed by atoms with van der Waals surface area (Å²) < 4.78 is 29.6. The maximum Gasteiger partial charge on any atom is 0.649 e. The Balaban J connectivity index is 1.91. The van der Waals surface area contributed by atoms with Gasteiger partial charge in [-0.25, -0.2) is 4.79 Å². The lowest BCUT2D eigenvalue weighted by molar-refractivity contribution is 0.0687. The van der Waals surface area contributed by atoms with Crippen molar-refractivity contribution >= 4 is 13.8 Å². The predicted octanol–water partition coefficient (Wildman–Crippen LogP) is 6.03. The van der Waals surface area contributed by atoms with Crippen molar-refractivity contribution in [2.45, 2.75) is 20.8 Å². The van der Waals surface area contributed by atoms with Gasteiger partial charge < -0.3 is 13.6 Å². The number of phosphoric acid groups is 1. The standard InChI is InChI=1S/C22H21O5P/c1-16-14-15-21(18(3)17(16)2)22(23)27-28(24,25-19-10-6-4-7-11-19)26-20-12-8-5-9-13-20/h4-15H,1-3H3. The molecule has 0 heterocycles. The van der Waals surface area contributed by atoms with E-state index in [2.05, 4.69) is 0 Å². The number of benzene rings is 3. The summed E-state index contributed by atoms with van der Waals surface area (Å²) in [5, 5.41) is 0. The van der Waals surface area contributed by atoms with Crippen LogP contribution in [-0.2, 0) is 9.09 Å². The van der Waals surface area contributed by atoms with Crippen LogP contribution in [0.25, 0.3) is 0 Å². The molecule has 28 heavy (non-hydrogen) atoms. The molecule has 0 N–H and O–H groups in total. The topological polar surface area (TPSA) is 61.8 Å². The van der Waals surface area contributed by atoms with E-state index in [1.165, 1.54) is 0 Å². The molecule has 0 spiro atoms. The zero-order valence-corrected chi connectivity index (χ0v) is 16.8. The Morgan fingerprint density at radius 2 is 1.21 bits per heavy atom. The molecule has 0 bridgehead atoms. The first-order chi connectivity index (χ1) is 13.4. The molecular formula is C22H21O5P. The lowest BCUT2D eigenvalue weighted by Gasteiger charge is -2.19. The van der Waals surface area contributed by atoms with Crippen molar-refractivity contribution in [3.05, 3.63) is 95.1 Å². The van der Waals surface area contributed by atoms with Crippen molar-refractivity contribution in [2.75, 3.05) is 0 Å². The number of hydrogen-bond acceptors (Lipinski definition) is 5. The Bertz CT molecular complexity index is 970. The van der Waals surface area contributed by atoms with Crippen LogP contribution in [-0.4, -0.2) is 5.97 Å². The molecule has 0 aliphatic heterocycles. The van der Waals surface area contributed by atoms with Crippen molar-refractivity contribution in [3.63, 3.8) is 0 Å². The largest absolute Gasteiger partial charge is 0.649 e. The van der Waals surface area contributed by atoms with Gasteiger partial charge in [0.25, 0.3) is 0 Å². The Hall–Kier alpha value is -3.04. The van der Waals surface area contributed by atoms with Crippen LogP contribution in [0.2, 0.25) is 0 Å². The van der Waals surface area contributed by atoms with Crippen molar-refractivity contribution in [1.82, 2.24) is 0 Å². The van der Waals surface area contributed by atoms with Gasteiger partial charge in [-0.05, 0) is 67.8 Å². The summed E-state index contributed by atoms with van der Waals surface area (Å²) in [6.45, 7) is 5.70. The number of carbonyl (C=O) groups excluding carboxylic acids is 1. The minimum Gasteiger partial charge on any atom is -0.386 e. The summed E-state index contributed by atoms with van der Waals surface area (Å²) >= 11 is 0. The van der Waals surface area contributed by atoms with E-state index in [-0.39, 0.29) is 11.5 Å². The van der Waals surface area contributed by atoms with Gasteiger partial charge in [-0.2, -0.15) is 4.57 Å². The van der Waals surface area contributed by atoms with Gasteiger partial charge in [0.05, 0.1) is 5.56 Å². The smallest absolute Gasteiger partial charge is 0.386 e. The van der Waals surface area contributed by atoms with Crippen molar-refractivity contribution in [2.24, 2.45) is 0 Å². The Kier molecular flexibility index (Phi) is 5.86. The van der Waals surface area contributed by atoms with E-state index in [1.54, 1.807) is 66.7 Å². The van der Waals surface area contributed by atoms with Crippen molar-refractivity contribution in [3.8, 4) is 11.5 Å². The fourth-order valence-electron chi connectivity index (χ4n) is 2.60. The molecule has 0 saturated heterocycles. The number of hydrogen-bond donors (Lipinski definition) is 0. The molecule has 0 saturated carbocycles. The molecule has 0 aliphatic rings. The quantitative estimate of drug-likeness (QED) is 0.476. The number of carbonyl (C=O) groups is 1. The molecule has 0 fully saturated rings. The maximum absolute atomic E-state index is 13.3. The van der Waals surface area contributed by atoms with E-state index in [9.17, 15) is 9.36 Å². The maximum atomic E-state index is 13.3. The first-order valence-electron chi connectivity index (χ1n) is 8.78. The van der Waals surface area contributed by atoms with Crippen LogP contribution in [0.1, 0.15) is 27.0 Å². The van der Waals surface area contributed by atoms with E-state index < -0.39 is 13.8 Å². The van der Waals surface area contributed by atoms with Gasteiger partial charge in [0, 0.05) is 0 Å². The van der Waals surface area contributed by atoms with E-state index in [0.29, 0.717) is 5.56 Å². The molecule has 3 rings (SSSR count). The van der Waals surface area contributed by atoms with Gasteiger partial charge in [0.15, 0.2) is 0 Å². The minimum absolute atomic E-state index is 0.270. The lowest BCUT2D eigenvalue weighted by Crippen LogP contribution is -2.13. The summed E-state index contributed by atoms with van der Waals surface area (Å²) in [6.07, 6.45) is 0. The second kappa shape index (κ2) is 8.32. The zero-order chi connectivity index (χ0) is 20.1. The third-order valence-corrected chi connectivity index (χ3v) is 5.65.